The molecule has 0 aliphatic carbocycles. The van der Waals surface area contributed by atoms with Gasteiger partial charge in [0.2, 0.25) is 0 Å². The van der Waals surface area contributed by atoms with Gasteiger partial charge in [0.05, 0.1) is 19.2 Å². The van der Waals surface area contributed by atoms with Gasteiger partial charge in [-0.25, -0.2) is 4.79 Å². The lowest BCUT2D eigenvalue weighted by molar-refractivity contribution is -0.133. The number of hydrogen-bond acceptors (Lipinski definition) is 3. The van der Waals surface area contributed by atoms with Crippen molar-refractivity contribution in [3.05, 3.63) is 0 Å². The molecule has 4 nitrogen and oxygen atoms in total. The molecule has 0 saturated carbocycles. The van der Waals surface area contributed by atoms with Gasteiger partial charge in [-0.1, -0.05) is 13.3 Å². The molecule has 1 atom stereocenters. The summed E-state index contributed by atoms with van der Waals surface area (Å²) in [5.74, 6) is 0.104. The maximum atomic E-state index is 11.2. The largest absolute Gasteiger partial charge is 0.449 e. The Bertz CT molecular complexity index is 215. The van der Waals surface area contributed by atoms with E-state index in [0.29, 0.717) is 6.61 Å². The molecule has 1 fully saturated rings. The molecule has 0 unspecified atom stereocenters. The topological polar surface area (TPSA) is 46.6 Å². The van der Waals surface area contributed by atoms with Gasteiger partial charge in [0.25, 0.3) is 0 Å². The van der Waals surface area contributed by atoms with Gasteiger partial charge in [-0.15, -0.1) is 0 Å². The van der Waals surface area contributed by atoms with E-state index in [0.717, 1.165) is 12.8 Å². The predicted octanol–water partition coefficient (Wildman–Crippen LogP) is 1.20. The number of Topliss-reactive ketones (excluding diaryl/α,β-unsaturated/α-hetero) is 1. The highest BCUT2D eigenvalue weighted by Gasteiger charge is 2.37. The molecule has 0 radical (unpaired) electrons. The molecule has 1 aliphatic rings. The van der Waals surface area contributed by atoms with Crippen LogP contribution in [0.3, 0.4) is 0 Å². The molecule has 74 valence electrons. The molecule has 1 rings (SSSR count). The van der Waals surface area contributed by atoms with E-state index in [1.54, 1.807) is 6.92 Å². The summed E-state index contributed by atoms with van der Waals surface area (Å²) in [4.78, 5) is 23.5. The summed E-state index contributed by atoms with van der Waals surface area (Å²) >= 11 is 0. The highest BCUT2D eigenvalue weighted by atomic mass is 16.6. The molecule has 1 aliphatic heterocycles. The van der Waals surface area contributed by atoms with Crippen molar-refractivity contribution in [1.29, 1.82) is 0 Å². The minimum absolute atomic E-state index is 0.104. The normalized spacial score (nSPS) is 21.2. The van der Waals surface area contributed by atoms with E-state index in [-0.39, 0.29) is 24.5 Å². The molecule has 0 aromatic heterocycles. The molecule has 0 aromatic carbocycles. The molecular weight excluding hydrogens is 170 g/mol. The molecule has 4 heteroatoms. The van der Waals surface area contributed by atoms with Crippen molar-refractivity contribution < 1.29 is 14.3 Å². The molecule has 0 spiro atoms. The average molecular weight is 185 g/mol. The van der Waals surface area contributed by atoms with E-state index < -0.39 is 0 Å². The summed E-state index contributed by atoms with van der Waals surface area (Å²) in [5.41, 5.74) is 0. The lowest BCUT2D eigenvalue weighted by atomic mass is 10.1. The smallest absolute Gasteiger partial charge is 0.410 e. The zero-order chi connectivity index (χ0) is 9.84. The highest BCUT2D eigenvalue weighted by Crippen LogP contribution is 2.13. The Labute approximate surface area is 77.8 Å². The first-order valence-corrected chi connectivity index (χ1v) is 4.63. The lowest BCUT2D eigenvalue weighted by Crippen LogP contribution is -2.57. The van der Waals surface area contributed by atoms with Gasteiger partial charge < -0.3 is 4.74 Å². The standard InChI is InChI=1S/C9H15NO3/c1-3-4-5-13-9(12)10-6-8(11)7(10)2/h7H,3-6H2,1-2H3/t7-/m1/s1. The van der Waals surface area contributed by atoms with E-state index in [1.165, 1.54) is 4.90 Å². The Morgan fingerprint density at radius 1 is 1.69 bits per heavy atom. The second-order valence-corrected chi connectivity index (χ2v) is 3.24. The fraction of sp³-hybridized carbons (Fsp3) is 0.778. The van der Waals surface area contributed by atoms with Crippen molar-refractivity contribution in [2.24, 2.45) is 0 Å². The van der Waals surface area contributed by atoms with E-state index in [2.05, 4.69) is 0 Å². The molecule has 0 bridgehead atoms. The van der Waals surface area contributed by atoms with Crippen LogP contribution in [0.2, 0.25) is 0 Å². The maximum Gasteiger partial charge on any atom is 0.410 e. The van der Waals surface area contributed by atoms with Crippen molar-refractivity contribution in [2.45, 2.75) is 32.7 Å². The summed E-state index contributed by atoms with van der Waals surface area (Å²) in [7, 11) is 0. The Hall–Kier alpha value is -1.06. The van der Waals surface area contributed by atoms with E-state index in [9.17, 15) is 9.59 Å². The Kier molecular flexibility index (Phi) is 3.28. The molecule has 1 heterocycles. The Morgan fingerprint density at radius 3 is 2.85 bits per heavy atom. The van der Waals surface area contributed by atoms with Crippen molar-refractivity contribution in [3.63, 3.8) is 0 Å². The van der Waals surface area contributed by atoms with Crippen LogP contribution in [-0.4, -0.2) is 36.0 Å². The number of ether oxygens (including phenoxy) is 1. The third kappa shape index (κ3) is 2.20. The number of hydrogen-bond donors (Lipinski definition) is 0. The first-order valence-electron chi connectivity index (χ1n) is 4.63. The van der Waals surface area contributed by atoms with Crippen LogP contribution in [0.15, 0.2) is 0 Å². The minimum atomic E-state index is -0.361. The van der Waals surface area contributed by atoms with Crippen LogP contribution >= 0.6 is 0 Å². The van der Waals surface area contributed by atoms with E-state index in [4.69, 9.17) is 4.74 Å². The molecule has 0 N–H and O–H groups in total. The fourth-order valence-corrected chi connectivity index (χ4v) is 1.11. The van der Waals surface area contributed by atoms with Crippen molar-refractivity contribution >= 4 is 11.9 Å². The van der Waals surface area contributed by atoms with Gasteiger partial charge in [0.15, 0.2) is 5.78 Å². The van der Waals surface area contributed by atoms with Crippen molar-refractivity contribution in [1.82, 2.24) is 4.90 Å². The maximum absolute atomic E-state index is 11.2. The van der Waals surface area contributed by atoms with Gasteiger partial charge in [0, 0.05) is 0 Å². The Morgan fingerprint density at radius 2 is 2.38 bits per heavy atom. The minimum Gasteiger partial charge on any atom is -0.449 e. The molecule has 13 heavy (non-hydrogen) atoms. The molecular formula is C9H15NO3. The van der Waals surface area contributed by atoms with Gasteiger partial charge >= 0.3 is 6.09 Å². The number of carbonyl (C=O) groups is 2. The predicted molar refractivity (Wildman–Crippen MR) is 47.4 cm³/mol. The van der Waals surface area contributed by atoms with Crippen LogP contribution in [0, 0.1) is 0 Å². The molecule has 1 saturated heterocycles. The van der Waals surface area contributed by atoms with Crippen molar-refractivity contribution in [3.8, 4) is 0 Å². The van der Waals surface area contributed by atoms with Gasteiger partial charge in [-0.2, -0.15) is 0 Å². The second-order valence-electron chi connectivity index (χ2n) is 3.24. The summed E-state index contributed by atoms with van der Waals surface area (Å²) < 4.78 is 4.94. The van der Waals surface area contributed by atoms with Crippen LogP contribution in [-0.2, 0) is 9.53 Å². The van der Waals surface area contributed by atoms with Crippen molar-refractivity contribution in [2.75, 3.05) is 13.2 Å². The van der Waals surface area contributed by atoms with Crippen LogP contribution in [0.5, 0.6) is 0 Å². The van der Waals surface area contributed by atoms with E-state index >= 15 is 0 Å². The average Bonchev–Trinajstić information content (AvgIpc) is 2.13. The van der Waals surface area contributed by atoms with Gasteiger partial charge in [-0.3, -0.25) is 9.69 Å². The van der Waals surface area contributed by atoms with E-state index in [1.807, 2.05) is 6.92 Å². The third-order valence-corrected chi connectivity index (χ3v) is 2.22. The first kappa shape index (κ1) is 10.0. The first-order chi connectivity index (χ1) is 6.16. The number of ketones is 1. The Balaban J connectivity index is 2.21. The van der Waals surface area contributed by atoms with Crippen LogP contribution in [0.25, 0.3) is 0 Å². The summed E-state index contributed by atoms with van der Waals surface area (Å²) in [6, 6.07) is -0.283. The monoisotopic (exact) mass is 185 g/mol. The number of carbonyl (C=O) groups excluding carboxylic acids is 2. The highest BCUT2D eigenvalue weighted by molar-refractivity contribution is 5.97. The van der Waals surface area contributed by atoms with Gasteiger partial charge in [-0.05, 0) is 13.3 Å². The van der Waals surface area contributed by atoms with Crippen LogP contribution in [0.1, 0.15) is 26.7 Å². The number of nitrogens with zero attached hydrogens (tertiary/aromatic N) is 1. The third-order valence-electron chi connectivity index (χ3n) is 2.22. The zero-order valence-electron chi connectivity index (χ0n) is 8.08. The number of amides is 1. The summed E-state index contributed by atoms with van der Waals surface area (Å²) in [6.45, 7) is 4.41. The number of likely N-dealkylation sites (tertiary alicyclic amines) is 1. The fourth-order valence-electron chi connectivity index (χ4n) is 1.11. The zero-order valence-corrected chi connectivity index (χ0v) is 8.08. The lowest BCUT2D eigenvalue weighted by Gasteiger charge is -2.35. The van der Waals surface area contributed by atoms with Gasteiger partial charge in [0.1, 0.15) is 0 Å². The molecule has 1 amide bonds. The quantitative estimate of drug-likeness (QED) is 0.620. The summed E-state index contributed by atoms with van der Waals surface area (Å²) in [6.07, 6.45) is 1.52. The number of unbranched alkanes of at least 4 members (excludes halogenated alkanes) is 1. The second kappa shape index (κ2) is 4.25. The van der Waals surface area contributed by atoms with Crippen LogP contribution < -0.4 is 0 Å². The molecule has 0 aromatic rings. The van der Waals surface area contributed by atoms with Crippen LogP contribution in [0.4, 0.5) is 4.79 Å². The summed E-state index contributed by atoms with van der Waals surface area (Å²) in [5, 5.41) is 0. The number of rotatable bonds is 3. The SMILES string of the molecule is CCCCOC(=O)N1CC(=O)[C@H]1C.